The van der Waals surface area contributed by atoms with Crippen molar-refractivity contribution >= 4 is 0 Å². The Bertz CT molecular complexity index is 1110. The molecule has 0 aliphatic rings. The van der Waals surface area contributed by atoms with E-state index in [1.54, 1.807) is 12.4 Å². The first-order valence-corrected chi connectivity index (χ1v) is 16.6. The van der Waals surface area contributed by atoms with E-state index in [1.807, 2.05) is 0 Å². The first-order valence-electron chi connectivity index (χ1n) is 16.6. The highest BCUT2D eigenvalue weighted by atomic mass is 16.2. The largest absolute Gasteiger partial charge is 0.328 e. The average molecular weight is 573 g/mol. The standard InChI is InChI=1S/C33H56N4O4/c1-3-5-7-9-11-13-15-17-19-21-23-36-26-28(30(38)34-32(36)40)25-29-27-37(33(41)35-31(29)39)24-22-20-18-16-14-12-10-8-6-4-2/h26-27H,3-25H2,1-2H3,(H,34,38,40)(H,35,39,41). The fourth-order valence-electron chi connectivity index (χ4n) is 5.44. The lowest BCUT2D eigenvalue weighted by molar-refractivity contribution is 0.523. The predicted octanol–water partition coefficient (Wildman–Crippen LogP) is 6.82. The minimum Gasteiger partial charge on any atom is -0.300 e. The second-order valence-corrected chi connectivity index (χ2v) is 11.8. The van der Waals surface area contributed by atoms with Crippen molar-refractivity contribution in [1.29, 1.82) is 0 Å². The molecule has 0 spiro atoms. The number of nitrogens with zero attached hydrogens (tertiary/aromatic N) is 2. The molecule has 0 aliphatic heterocycles. The molecule has 0 aromatic carbocycles. The van der Waals surface area contributed by atoms with Gasteiger partial charge in [0.15, 0.2) is 0 Å². The Morgan fingerprint density at radius 1 is 0.463 bits per heavy atom. The van der Waals surface area contributed by atoms with Crippen LogP contribution in [0.3, 0.4) is 0 Å². The topological polar surface area (TPSA) is 110 Å². The molecule has 8 heteroatoms. The Kier molecular flexibility index (Phi) is 17.8. The Morgan fingerprint density at radius 3 is 1.07 bits per heavy atom. The molecule has 0 atom stereocenters. The van der Waals surface area contributed by atoms with E-state index in [9.17, 15) is 19.2 Å². The van der Waals surface area contributed by atoms with Crippen LogP contribution in [0.1, 0.15) is 153 Å². The summed E-state index contributed by atoms with van der Waals surface area (Å²) in [6.45, 7) is 5.54. The molecular formula is C33H56N4O4. The number of aromatic amines is 2. The molecule has 41 heavy (non-hydrogen) atoms. The molecule has 2 N–H and O–H groups in total. The molecule has 0 amide bonds. The number of aryl methyl sites for hydroxylation is 2. The number of nitrogens with one attached hydrogen (secondary N) is 2. The summed E-state index contributed by atoms with van der Waals surface area (Å²) in [6, 6.07) is 0. The second-order valence-electron chi connectivity index (χ2n) is 11.8. The molecule has 0 radical (unpaired) electrons. The number of hydrogen-bond donors (Lipinski definition) is 2. The van der Waals surface area contributed by atoms with Gasteiger partial charge in [-0.05, 0) is 12.8 Å². The summed E-state index contributed by atoms with van der Waals surface area (Å²) in [4.78, 5) is 54.6. The van der Waals surface area contributed by atoms with Crippen molar-refractivity contribution in [1.82, 2.24) is 19.1 Å². The maximum Gasteiger partial charge on any atom is 0.328 e. The zero-order chi connectivity index (χ0) is 29.7. The van der Waals surface area contributed by atoms with Crippen molar-refractivity contribution in [3.05, 3.63) is 65.2 Å². The van der Waals surface area contributed by atoms with E-state index in [2.05, 4.69) is 23.8 Å². The first-order chi connectivity index (χ1) is 20.0. The third kappa shape index (κ3) is 14.2. The molecule has 0 bridgehead atoms. The molecule has 2 rings (SSSR count). The van der Waals surface area contributed by atoms with E-state index >= 15 is 0 Å². The Labute approximate surface area is 246 Å². The van der Waals surface area contributed by atoms with Gasteiger partial charge in [0.2, 0.25) is 0 Å². The molecule has 2 aromatic heterocycles. The normalized spacial score (nSPS) is 11.4. The van der Waals surface area contributed by atoms with Crippen LogP contribution >= 0.6 is 0 Å². The number of unbranched alkanes of at least 4 members (excludes halogenated alkanes) is 18. The molecule has 0 unspecified atom stereocenters. The Hall–Kier alpha value is -2.64. The summed E-state index contributed by atoms with van der Waals surface area (Å²) in [6.07, 6.45) is 27.4. The molecule has 0 saturated heterocycles. The lowest BCUT2D eigenvalue weighted by Gasteiger charge is -2.10. The van der Waals surface area contributed by atoms with Crippen LogP contribution in [0.2, 0.25) is 0 Å². The molecule has 0 saturated carbocycles. The van der Waals surface area contributed by atoms with Crippen LogP contribution in [0, 0.1) is 0 Å². The SMILES string of the molecule is CCCCCCCCCCCCn1cc(Cc2cn(CCCCCCCCCCCC)c(=O)[nH]c2=O)c(=O)[nH]c1=O. The van der Waals surface area contributed by atoms with Crippen molar-refractivity contribution in [3.8, 4) is 0 Å². The summed E-state index contributed by atoms with van der Waals surface area (Å²) in [5.41, 5.74) is -1.11. The van der Waals surface area contributed by atoms with Gasteiger partial charge in [0.05, 0.1) is 0 Å². The smallest absolute Gasteiger partial charge is 0.300 e. The van der Waals surface area contributed by atoms with Gasteiger partial charge in [-0.15, -0.1) is 0 Å². The van der Waals surface area contributed by atoms with Gasteiger partial charge in [-0.3, -0.25) is 19.6 Å². The predicted molar refractivity (Wildman–Crippen MR) is 169 cm³/mol. The summed E-state index contributed by atoms with van der Waals surface area (Å²) in [5.74, 6) is 0. The van der Waals surface area contributed by atoms with E-state index in [-0.39, 0.29) is 6.42 Å². The van der Waals surface area contributed by atoms with Crippen molar-refractivity contribution in [3.63, 3.8) is 0 Å². The molecule has 232 valence electrons. The van der Waals surface area contributed by atoms with Gasteiger partial charge >= 0.3 is 11.4 Å². The van der Waals surface area contributed by atoms with Crippen molar-refractivity contribution in [2.45, 2.75) is 162 Å². The zero-order valence-electron chi connectivity index (χ0n) is 25.9. The maximum absolute atomic E-state index is 12.5. The fourth-order valence-corrected chi connectivity index (χ4v) is 5.44. The van der Waals surface area contributed by atoms with Crippen LogP contribution in [-0.2, 0) is 19.5 Å². The van der Waals surface area contributed by atoms with Crippen LogP contribution in [0.4, 0.5) is 0 Å². The summed E-state index contributed by atoms with van der Waals surface area (Å²) in [7, 11) is 0. The lowest BCUT2D eigenvalue weighted by Crippen LogP contribution is -2.34. The highest BCUT2D eigenvalue weighted by molar-refractivity contribution is 5.18. The monoisotopic (exact) mass is 572 g/mol. The van der Waals surface area contributed by atoms with Gasteiger partial charge in [-0.2, -0.15) is 0 Å². The molecule has 2 heterocycles. The molecule has 0 aliphatic carbocycles. The van der Waals surface area contributed by atoms with Crippen molar-refractivity contribution < 1.29 is 0 Å². The quantitative estimate of drug-likeness (QED) is 0.135. The summed E-state index contributed by atoms with van der Waals surface area (Å²) < 4.78 is 3.07. The Morgan fingerprint density at radius 2 is 0.756 bits per heavy atom. The van der Waals surface area contributed by atoms with Crippen LogP contribution < -0.4 is 22.5 Å². The van der Waals surface area contributed by atoms with Gasteiger partial charge in [-0.25, -0.2) is 9.59 Å². The molecule has 2 aromatic rings. The van der Waals surface area contributed by atoms with Gasteiger partial charge < -0.3 is 9.13 Å². The summed E-state index contributed by atoms with van der Waals surface area (Å²) >= 11 is 0. The third-order valence-corrected chi connectivity index (χ3v) is 8.06. The van der Waals surface area contributed by atoms with Gasteiger partial charge in [0, 0.05) is 43.0 Å². The third-order valence-electron chi connectivity index (χ3n) is 8.06. The van der Waals surface area contributed by atoms with Crippen LogP contribution in [-0.4, -0.2) is 19.1 Å². The minimum absolute atomic E-state index is 0.0707. The summed E-state index contributed by atoms with van der Waals surface area (Å²) in [5, 5.41) is 0. The van der Waals surface area contributed by atoms with E-state index in [1.165, 1.54) is 99.0 Å². The first kappa shape index (κ1) is 34.6. The van der Waals surface area contributed by atoms with E-state index in [4.69, 9.17) is 0 Å². The van der Waals surface area contributed by atoms with E-state index < -0.39 is 22.5 Å². The van der Waals surface area contributed by atoms with Gasteiger partial charge in [0.25, 0.3) is 11.1 Å². The van der Waals surface area contributed by atoms with E-state index in [0.29, 0.717) is 24.2 Å². The highest BCUT2D eigenvalue weighted by Crippen LogP contribution is 2.12. The lowest BCUT2D eigenvalue weighted by atomic mass is 10.1. The van der Waals surface area contributed by atoms with Crippen molar-refractivity contribution in [2.75, 3.05) is 0 Å². The average Bonchev–Trinajstić information content (AvgIpc) is 2.95. The van der Waals surface area contributed by atoms with Crippen LogP contribution in [0.25, 0.3) is 0 Å². The zero-order valence-corrected chi connectivity index (χ0v) is 25.9. The number of aromatic nitrogens is 4. The molecule has 8 nitrogen and oxygen atoms in total. The fraction of sp³-hybridized carbons (Fsp3) is 0.758. The van der Waals surface area contributed by atoms with Gasteiger partial charge in [0.1, 0.15) is 0 Å². The van der Waals surface area contributed by atoms with E-state index in [0.717, 1.165) is 38.5 Å². The molecule has 0 fully saturated rings. The minimum atomic E-state index is -0.485. The Balaban J connectivity index is 1.83. The van der Waals surface area contributed by atoms with Crippen LogP contribution in [0.15, 0.2) is 31.6 Å². The van der Waals surface area contributed by atoms with Gasteiger partial charge in [-0.1, -0.05) is 129 Å². The van der Waals surface area contributed by atoms with Crippen molar-refractivity contribution in [2.24, 2.45) is 0 Å². The number of H-pyrrole nitrogens is 2. The molecular weight excluding hydrogens is 516 g/mol. The number of hydrogen-bond acceptors (Lipinski definition) is 4. The van der Waals surface area contributed by atoms with Crippen LogP contribution in [0.5, 0.6) is 0 Å². The second kappa shape index (κ2) is 21.1. The number of rotatable bonds is 24. The maximum atomic E-state index is 12.5. The highest BCUT2D eigenvalue weighted by Gasteiger charge is 2.11.